The maximum Gasteiger partial charge on any atom is 0.137 e. The zero-order chi connectivity index (χ0) is 48.8. The van der Waals surface area contributed by atoms with Gasteiger partial charge in [0.25, 0.3) is 0 Å². The number of hydrogen-bond donors (Lipinski definition) is 0. The molecule has 0 fully saturated rings. The first-order chi connectivity index (χ1) is 34.4. The Bertz CT molecular complexity index is 4150. The van der Waals surface area contributed by atoms with Crippen LogP contribution in [0.15, 0.2) is 197 Å². The summed E-state index contributed by atoms with van der Waals surface area (Å²) in [5.41, 5.74) is 14.8. The van der Waals surface area contributed by atoms with Crippen LogP contribution in [0.5, 0.6) is 0 Å². The standard InChI is InChI=1S/C64H49N5O2/c1-63(2,3)68(54-25-15-24-53-61(54)48-21-10-12-23-52(48)67(53)45-18-8-7-9-19-45)46-20-14-17-43(34-46)51-35-44(37-59-60(51)49-22-11-13-27-56(49)70-59)42-29-30-50-58(36-42)71-57-28-16-26-55(62(50)57)69(64(4,5)6)47-32-40(38-65)31-41(33-47)39-66/h7-37H,1-6H3. The smallest absolute Gasteiger partial charge is 0.137 e. The third-order valence-electron chi connectivity index (χ3n) is 13.6. The van der Waals surface area contributed by atoms with Gasteiger partial charge in [0, 0.05) is 55.1 Å². The van der Waals surface area contributed by atoms with Crippen molar-refractivity contribution < 1.29 is 8.83 Å². The van der Waals surface area contributed by atoms with E-state index in [1.54, 1.807) is 6.07 Å². The Labute approximate surface area is 412 Å². The van der Waals surface area contributed by atoms with E-state index in [4.69, 9.17) is 8.83 Å². The molecular formula is C64H49N5O2. The molecular weight excluding hydrogens is 871 g/mol. The first-order valence-corrected chi connectivity index (χ1v) is 24.0. The molecule has 7 heteroatoms. The molecule has 0 bridgehead atoms. The quantitative estimate of drug-likeness (QED) is 0.158. The van der Waals surface area contributed by atoms with Gasteiger partial charge in [-0.2, -0.15) is 10.5 Å². The summed E-state index contributed by atoms with van der Waals surface area (Å²) in [7, 11) is 0. The van der Waals surface area contributed by atoms with E-state index in [-0.39, 0.29) is 5.54 Å². The van der Waals surface area contributed by atoms with Crippen LogP contribution in [-0.4, -0.2) is 15.6 Å². The van der Waals surface area contributed by atoms with E-state index in [1.165, 1.54) is 16.3 Å². The lowest BCUT2D eigenvalue weighted by Crippen LogP contribution is -2.37. The first-order valence-electron chi connectivity index (χ1n) is 24.0. The van der Waals surface area contributed by atoms with Crippen molar-refractivity contribution >= 4 is 88.4 Å². The van der Waals surface area contributed by atoms with Gasteiger partial charge in [0.2, 0.25) is 0 Å². The lowest BCUT2D eigenvalue weighted by Gasteiger charge is -2.38. The molecule has 0 saturated heterocycles. The Morgan fingerprint density at radius 3 is 1.75 bits per heavy atom. The highest BCUT2D eigenvalue weighted by atomic mass is 16.3. The molecule has 0 aliphatic carbocycles. The van der Waals surface area contributed by atoms with Crippen molar-refractivity contribution in [1.29, 1.82) is 10.5 Å². The molecule has 9 aromatic carbocycles. The molecule has 3 heterocycles. The third kappa shape index (κ3) is 7.17. The van der Waals surface area contributed by atoms with Crippen LogP contribution in [-0.2, 0) is 0 Å². The van der Waals surface area contributed by atoms with Crippen molar-refractivity contribution in [2.24, 2.45) is 0 Å². The van der Waals surface area contributed by atoms with Crippen LogP contribution in [0.2, 0.25) is 0 Å². The van der Waals surface area contributed by atoms with Gasteiger partial charge in [-0.15, -0.1) is 0 Å². The second-order valence-electron chi connectivity index (χ2n) is 20.4. The van der Waals surface area contributed by atoms with Crippen LogP contribution in [0.1, 0.15) is 52.7 Å². The Balaban J connectivity index is 1.02. The molecule has 0 aliphatic rings. The van der Waals surface area contributed by atoms with Gasteiger partial charge in [0.1, 0.15) is 22.3 Å². The van der Waals surface area contributed by atoms with Gasteiger partial charge in [-0.05, 0) is 167 Å². The number of aromatic nitrogens is 1. The minimum Gasteiger partial charge on any atom is -0.456 e. The molecule has 0 saturated carbocycles. The zero-order valence-corrected chi connectivity index (χ0v) is 40.5. The predicted octanol–water partition coefficient (Wildman–Crippen LogP) is 17.5. The van der Waals surface area contributed by atoms with E-state index in [2.05, 4.69) is 214 Å². The van der Waals surface area contributed by atoms with Gasteiger partial charge < -0.3 is 23.2 Å². The lowest BCUT2D eigenvalue weighted by molar-refractivity contribution is 0.561. The Morgan fingerprint density at radius 2 is 1.00 bits per heavy atom. The van der Waals surface area contributed by atoms with E-state index in [0.717, 1.165) is 100 Å². The minimum atomic E-state index is -0.422. The molecule has 0 aliphatic heterocycles. The van der Waals surface area contributed by atoms with Crippen molar-refractivity contribution in [2.75, 3.05) is 9.80 Å². The average molecular weight is 920 g/mol. The third-order valence-corrected chi connectivity index (χ3v) is 13.6. The minimum absolute atomic E-state index is 0.311. The summed E-state index contributed by atoms with van der Waals surface area (Å²) in [5, 5.41) is 26.3. The van der Waals surface area contributed by atoms with E-state index < -0.39 is 5.54 Å². The molecule has 0 spiro atoms. The number of furan rings is 2. The number of rotatable bonds is 7. The molecule has 0 unspecified atom stereocenters. The number of nitriles is 2. The van der Waals surface area contributed by atoms with E-state index in [9.17, 15) is 10.5 Å². The summed E-state index contributed by atoms with van der Waals surface area (Å²) in [6, 6.07) is 70.0. The highest BCUT2D eigenvalue weighted by Crippen LogP contribution is 2.48. The second-order valence-corrected chi connectivity index (χ2v) is 20.4. The number of fused-ring (bicyclic) bond motifs is 9. The lowest BCUT2D eigenvalue weighted by atomic mass is 9.93. The first kappa shape index (κ1) is 43.3. The fourth-order valence-corrected chi connectivity index (χ4v) is 10.9. The molecule has 0 amide bonds. The number of anilines is 4. The van der Waals surface area contributed by atoms with Crippen LogP contribution in [0, 0.1) is 22.7 Å². The number of para-hydroxylation sites is 3. The average Bonchev–Trinajstić information content (AvgIpc) is 4.05. The van der Waals surface area contributed by atoms with Crippen molar-refractivity contribution in [2.45, 2.75) is 52.6 Å². The molecule has 0 atom stereocenters. The summed E-state index contributed by atoms with van der Waals surface area (Å²) >= 11 is 0. The molecule has 3 aromatic heterocycles. The van der Waals surface area contributed by atoms with Gasteiger partial charge >= 0.3 is 0 Å². The van der Waals surface area contributed by atoms with Crippen molar-refractivity contribution in [3.8, 4) is 40.1 Å². The topological polar surface area (TPSA) is 85.3 Å². The van der Waals surface area contributed by atoms with Crippen LogP contribution in [0.3, 0.4) is 0 Å². The van der Waals surface area contributed by atoms with Crippen molar-refractivity contribution in [3.05, 3.63) is 199 Å². The maximum atomic E-state index is 9.91. The summed E-state index contributed by atoms with van der Waals surface area (Å²) in [6.45, 7) is 13.2. The monoisotopic (exact) mass is 919 g/mol. The Kier molecular flexibility index (Phi) is 9.93. The molecule has 342 valence electrons. The van der Waals surface area contributed by atoms with Crippen LogP contribution in [0.25, 0.3) is 93.6 Å². The summed E-state index contributed by atoms with van der Waals surface area (Å²) in [5.74, 6) is 0. The largest absolute Gasteiger partial charge is 0.456 e. The van der Waals surface area contributed by atoms with Crippen LogP contribution < -0.4 is 9.80 Å². The number of nitrogens with zero attached hydrogens (tertiary/aromatic N) is 5. The van der Waals surface area contributed by atoms with Gasteiger partial charge in [0.15, 0.2) is 0 Å². The number of hydrogen-bond acceptors (Lipinski definition) is 6. The molecule has 0 N–H and O–H groups in total. The highest BCUT2D eigenvalue weighted by Gasteiger charge is 2.30. The maximum absolute atomic E-state index is 9.91. The van der Waals surface area contributed by atoms with Gasteiger partial charge in [0.05, 0.1) is 51.1 Å². The fourth-order valence-electron chi connectivity index (χ4n) is 10.9. The molecule has 71 heavy (non-hydrogen) atoms. The fraction of sp³-hybridized carbons (Fsp3) is 0.125. The van der Waals surface area contributed by atoms with Crippen LogP contribution in [0.4, 0.5) is 22.7 Å². The summed E-state index contributed by atoms with van der Waals surface area (Å²) in [4.78, 5) is 4.68. The second kappa shape index (κ2) is 16.3. The molecule has 7 nitrogen and oxygen atoms in total. The van der Waals surface area contributed by atoms with E-state index >= 15 is 0 Å². The normalized spacial score (nSPS) is 12.1. The van der Waals surface area contributed by atoms with E-state index in [0.29, 0.717) is 11.1 Å². The summed E-state index contributed by atoms with van der Waals surface area (Å²) in [6.07, 6.45) is 0. The van der Waals surface area contributed by atoms with Crippen LogP contribution >= 0.6 is 0 Å². The predicted molar refractivity (Wildman–Crippen MR) is 292 cm³/mol. The molecule has 0 radical (unpaired) electrons. The van der Waals surface area contributed by atoms with E-state index in [1.807, 2.05) is 36.4 Å². The SMILES string of the molecule is CC(C)(C)N(c1cc(C#N)cc(C#N)c1)c1cccc2oc3cc(-c4cc(-c5cccc(N(c6cccc7c6c6ccccc6n7-c6ccccc6)C(C)(C)C)c5)c5c(c4)oc4ccccc45)ccc3c12. The highest BCUT2D eigenvalue weighted by molar-refractivity contribution is 6.17. The summed E-state index contributed by atoms with van der Waals surface area (Å²) < 4.78 is 15.8. The van der Waals surface area contributed by atoms with Gasteiger partial charge in [-0.1, -0.05) is 84.9 Å². The van der Waals surface area contributed by atoms with Gasteiger partial charge in [-0.25, -0.2) is 0 Å². The molecule has 12 aromatic rings. The van der Waals surface area contributed by atoms with Crippen molar-refractivity contribution in [1.82, 2.24) is 4.57 Å². The number of benzene rings is 9. The van der Waals surface area contributed by atoms with Crippen molar-refractivity contribution in [3.63, 3.8) is 0 Å². The Hall–Kier alpha value is -9.04. The Morgan fingerprint density at radius 1 is 0.408 bits per heavy atom. The van der Waals surface area contributed by atoms with Gasteiger partial charge in [-0.3, -0.25) is 0 Å². The molecule has 12 rings (SSSR count). The zero-order valence-electron chi connectivity index (χ0n) is 40.5.